The van der Waals surface area contributed by atoms with Crippen molar-refractivity contribution in [1.82, 2.24) is 15.4 Å². The summed E-state index contributed by atoms with van der Waals surface area (Å²) < 4.78 is 4.88. The van der Waals surface area contributed by atoms with Crippen LogP contribution in [0.4, 0.5) is 0 Å². The Morgan fingerprint density at radius 3 is 3.12 bits per heavy atom. The minimum atomic E-state index is 0.232. The first kappa shape index (κ1) is 11.6. The van der Waals surface area contributed by atoms with Crippen LogP contribution in [0.1, 0.15) is 32.9 Å². The van der Waals surface area contributed by atoms with E-state index in [4.69, 9.17) is 4.52 Å². The number of nitrogens with one attached hydrogen (secondary N) is 1. The molecular formula is C12H21N3O. The van der Waals surface area contributed by atoms with E-state index in [9.17, 15) is 0 Å². The first-order chi connectivity index (χ1) is 7.63. The van der Waals surface area contributed by atoms with Crippen molar-refractivity contribution in [2.75, 3.05) is 13.1 Å². The van der Waals surface area contributed by atoms with E-state index in [1.54, 1.807) is 6.26 Å². The molecule has 0 bridgehead atoms. The third-order valence-electron chi connectivity index (χ3n) is 3.64. The van der Waals surface area contributed by atoms with Gasteiger partial charge in [0.2, 0.25) is 0 Å². The standard InChI is InChI=1S/C12H21N3O/c1-4-12(3)9-15(10(2)7-13-12)8-11-5-6-16-14-11/h5-6,10,13H,4,7-9H2,1-3H3. The van der Waals surface area contributed by atoms with Gasteiger partial charge in [-0.3, -0.25) is 4.90 Å². The second kappa shape index (κ2) is 4.55. The van der Waals surface area contributed by atoms with Crippen LogP contribution in [-0.2, 0) is 6.54 Å². The third kappa shape index (κ3) is 2.44. The van der Waals surface area contributed by atoms with Gasteiger partial charge in [-0.25, -0.2) is 0 Å². The zero-order valence-electron chi connectivity index (χ0n) is 10.4. The van der Waals surface area contributed by atoms with Crippen LogP contribution in [0.3, 0.4) is 0 Å². The summed E-state index contributed by atoms with van der Waals surface area (Å²) in [6.07, 6.45) is 2.79. The number of piperazine rings is 1. The maximum atomic E-state index is 4.88. The van der Waals surface area contributed by atoms with E-state index in [0.717, 1.165) is 31.7 Å². The number of nitrogens with zero attached hydrogens (tertiary/aromatic N) is 2. The summed E-state index contributed by atoms with van der Waals surface area (Å²) in [7, 11) is 0. The molecule has 0 spiro atoms. The van der Waals surface area contributed by atoms with E-state index in [0.29, 0.717) is 6.04 Å². The predicted octanol–water partition coefficient (Wildman–Crippen LogP) is 1.64. The van der Waals surface area contributed by atoms with Crippen LogP contribution >= 0.6 is 0 Å². The molecule has 1 aliphatic rings. The molecule has 2 unspecified atom stereocenters. The highest BCUT2D eigenvalue weighted by Crippen LogP contribution is 2.20. The average molecular weight is 223 g/mol. The Balaban J connectivity index is 2.01. The molecule has 4 nitrogen and oxygen atoms in total. The second-order valence-corrected chi connectivity index (χ2v) is 5.04. The number of hydrogen-bond acceptors (Lipinski definition) is 4. The summed E-state index contributed by atoms with van der Waals surface area (Å²) in [4.78, 5) is 2.47. The van der Waals surface area contributed by atoms with Crippen molar-refractivity contribution in [3.63, 3.8) is 0 Å². The van der Waals surface area contributed by atoms with Crippen LogP contribution < -0.4 is 5.32 Å². The van der Waals surface area contributed by atoms with E-state index >= 15 is 0 Å². The van der Waals surface area contributed by atoms with Crippen molar-refractivity contribution in [3.8, 4) is 0 Å². The zero-order chi connectivity index (χ0) is 11.6. The van der Waals surface area contributed by atoms with Crippen molar-refractivity contribution >= 4 is 0 Å². The first-order valence-corrected chi connectivity index (χ1v) is 6.01. The second-order valence-electron chi connectivity index (χ2n) is 5.04. The quantitative estimate of drug-likeness (QED) is 0.845. The van der Waals surface area contributed by atoms with E-state index in [1.165, 1.54) is 0 Å². The maximum Gasteiger partial charge on any atom is 0.124 e. The highest BCUT2D eigenvalue weighted by atomic mass is 16.5. The lowest BCUT2D eigenvalue weighted by Gasteiger charge is -2.44. The van der Waals surface area contributed by atoms with E-state index in [2.05, 4.69) is 36.1 Å². The van der Waals surface area contributed by atoms with Gasteiger partial charge >= 0.3 is 0 Å². The van der Waals surface area contributed by atoms with Crippen molar-refractivity contribution < 1.29 is 4.52 Å². The molecule has 0 saturated carbocycles. The fraction of sp³-hybridized carbons (Fsp3) is 0.750. The SMILES string of the molecule is CCC1(C)CN(Cc2ccon2)C(C)CN1. The van der Waals surface area contributed by atoms with Crippen molar-refractivity contribution in [2.24, 2.45) is 0 Å². The van der Waals surface area contributed by atoms with E-state index < -0.39 is 0 Å². The lowest BCUT2D eigenvalue weighted by molar-refractivity contribution is 0.0845. The number of aromatic nitrogens is 1. The molecule has 1 aromatic heterocycles. The highest BCUT2D eigenvalue weighted by molar-refractivity contribution is 4.99. The molecule has 2 heterocycles. The zero-order valence-corrected chi connectivity index (χ0v) is 10.4. The molecule has 0 amide bonds. The van der Waals surface area contributed by atoms with Gasteiger partial charge in [0, 0.05) is 37.3 Å². The summed E-state index contributed by atoms with van der Waals surface area (Å²) in [6.45, 7) is 9.77. The molecule has 2 atom stereocenters. The Bertz CT molecular complexity index is 325. The molecule has 1 aliphatic heterocycles. The van der Waals surface area contributed by atoms with E-state index in [1.807, 2.05) is 6.07 Å². The molecule has 0 aromatic carbocycles. The van der Waals surface area contributed by atoms with Crippen LogP contribution in [0, 0.1) is 0 Å². The lowest BCUT2D eigenvalue weighted by atomic mass is 9.94. The van der Waals surface area contributed by atoms with Gasteiger partial charge in [0.1, 0.15) is 6.26 Å². The van der Waals surface area contributed by atoms with Crippen LogP contribution in [-0.4, -0.2) is 34.7 Å². The van der Waals surface area contributed by atoms with Gasteiger partial charge in [-0.1, -0.05) is 12.1 Å². The fourth-order valence-corrected chi connectivity index (χ4v) is 2.16. The Kier molecular flexibility index (Phi) is 3.30. The summed E-state index contributed by atoms with van der Waals surface area (Å²) >= 11 is 0. The fourth-order valence-electron chi connectivity index (χ4n) is 2.16. The molecule has 4 heteroatoms. The summed E-state index contributed by atoms with van der Waals surface area (Å²) in [5, 5.41) is 7.60. The molecule has 1 aromatic rings. The molecule has 90 valence electrons. The van der Waals surface area contributed by atoms with Gasteiger partial charge in [0.15, 0.2) is 0 Å². The van der Waals surface area contributed by atoms with Crippen LogP contribution in [0.2, 0.25) is 0 Å². The smallest absolute Gasteiger partial charge is 0.124 e. The van der Waals surface area contributed by atoms with Gasteiger partial charge in [-0.05, 0) is 20.3 Å². The Hall–Kier alpha value is -0.870. The molecule has 16 heavy (non-hydrogen) atoms. The lowest BCUT2D eigenvalue weighted by Crippen LogP contribution is -2.61. The predicted molar refractivity (Wildman–Crippen MR) is 63.1 cm³/mol. The average Bonchev–Trinajstić information content (AvgIpc) is 2.77. The maximum absolute atomic E-state index is 4.88. The number of hydrogen-bond donors (Lipinski definition) is 1. The van der Waals surface area contributed by atoms with Gasteiger partial charge in [-0.2, -0.15) is 0 Å². The third-order valence-corrected chi connectivity index (χ3v) is 3.64. The monoisotopic (exact) mass is 223 g/mol. The first-order valence-electron chi connectivity index (χ1n) is 6.01. The summed E-state index contributed by atoms with van der Waals surface area (Å²) in [5.41, 5.74) is 1.25. The molecular weight excluding hydrogens is 202 g/mol. The molecule has 2 rings (SSSR count). The number of rotatable bonds is 3. The van der Waals surface area contributed by atoms with Gasteiger partial charge < -0.3 is 9.84 Å². The minimum absolute atomic E-state index is 0.232. The molecule has 1 saturated heterocycles. The van der Waals surface area contributed by atoms with Crippen molar-refractivity contribution in [1.29, 1.82) is 0 Å². The van der Waals surface area contributed by atoms with E-state index in [-0.39, 0.29) is 5.54 Å². The molecule has 1 fully saturated rings. The topological polar surface area (TPSA) is 41.3 Å². The molecule has 0 aliphatic carbocycles. The normalized spacial score (nSPS) is 31.8. The van der Waals surface area contributed by atoms with Crippen molar-refractivity contribution in [2.45, 2.75) is 45.3 Å². The minimum Gasteiger partial charge on any atom is -0.364 e. The van der Waals surface area contributed by atoms with Crippen LogP contribution in [0.15, 0.2) is 16.9 Å². The Morgan fingerprint density at radius 1 is 1.69 bits per heavy atom. The highest BCUT2D eigenvalue weighted by Gasteiger charge is 2.32. The van der Waals surface area contributed by atoms with Gasteiger partial charge in [-0.15, -0.1) is 0 Å². The van der Waals surface area contributed by atoms with Crippen LogP contribution in [0.5, 0.6) is 0 Å². The van der Waals surface area contributed by atoms with Crippen molar-refractivity contribution in [3.05, 3.63) is 18.0 Å². The Labute approximate surface area is 97.0 Å². The van der Waals surface area contributed by atoms with Gasteiger partial charge in [0.05, 0.1) is 5.69 Å². The summed E-state index contributed by atoms with van der Waals surface area (Å²) in [5.74, 6) is 0. The van der Waals surface area contributed by atoms with Crippen LogP contribution in [0.25, 0.3) is 0 Å². The largest absolute Gasteiger partial charge is 0.364 e. The Morgan fingerprint density at radius 2 is 2.50 bits per heavy atom. The molecule has 1 N–H and O–H groups in total. The summed E-state index contributed by atoms with van der Waals surface area (Å²) in [6, 6.07) is 2.49. The van der Waals surface area contributed by atoms with Gasteiger partial charge in [0.25, 0.3) is 0 Å². The molecule has 0 radical (unpaired) electrons.